The minimum atomic E-state index is -0.344. The molecule has 0 spiro atoms. The fourth-order valence-corrected chi connectivity index (χ4v) is 3.61. The van der Waals surface area contributed by atoms with E-state index in [2.05, 4.69) is 10.1 Å². The molecule has 0 aliphatic carbocycles. The van der Waals surface area contributed by atoms with Crippen molar-refractivity contribution < 1.29 is 9.21 Å². The van der Waals surface area contributed by atoms with Crippen LogP contribution in [0, 0.1) is 18.3 Å². The molecular weight excluding hydrogens is 372 g/mol. The molecule has 7 heteroatoms. The van der Waals surface area contributed by atoms with E-state index in [1.807, 2.05) is 31.2 Å². The molecule has 1 amide bonds. The Balaban J connectivity index is 1.75. The molecule has 2 aromatic carbocycles. The van der Waals surface area contributed by atoms with Crippen LogP contribution in [0.25, 0.3) is 10.2 Å². The van der Waals surface area contributed by atoms with Crippen molar-refractivity contribution >= 4 is 38.8 Å². The van der Waals surface area contributed by atoms with Crippen LogP contribution in [-0.4, -0.2) is 17.1 Å². The van der Waals surface area contributed by atoms with Gasteiger partial charge in [0.1, 0.15) is 5.76 Å². The smallest absolute Gasteiger partial charge is 0.280 e. The topological polar surface area (TPSA) is 82.5 Å². The van der Waals surface area contributed by atoms with Crippen LogP contribution >= 0.6 is 11.3 Å². The standard InChI is InChI=1S/C21H14N4O2S/c1-14-4-9-18-19(11-14)28-21(24-18)25(23-13-17-3-2-10-27-17)20(26)16-7-5-15(12-22)6-8-16/h2-11,13H,1H3/b23-13+. The fraction of sp³-hybridized carbons (Fsp3) is 0.0476. The second-order valence-electron chi connectivity index (χ2n) is 6.03. The molecule has 0 aliphatic heterocycles. The second-order valence-corrected chi connectivity index (χ2v) is 7.04. The lowest BCUT2D eigenvalue weighted by molar-refractivity contribution is 0.0988. The van der Waals surface area contributed by atoms with Gasteiger partial charge in [0.25, 0.3) is 5.91 Å². The van der Waals surface area contributed by atoms with Gasteiger partial charge >= 0.3 is 0 Å². The van der Waals surface area contributed by atoms with Crippen molar-refractivity contribution in [2.24, 2.45) is 5.10 Å². The summed E-state index contributed by atoms with van der Waals surface area (Å²) in [5, 5.41) is 15.0. The maximum Gasteiger partial charge on any atom is 0.280 e. The van der Waals surface area contributed by atoms with Crippen molar-refractivity contribution in [1.82, 2.24) is 4.98 Å². The molecule has 2 aromatic heterocycles. The van der Waals surface area contributed by atoms with Gasteiger partial charge in [0, 0.05) is 5.56 Å². The van der Waals surface area contributed by atoms with Gasteiger partial charge in [0.05, 0.1) is 34.3 Å². The number of anilines is 1. The maximum atomic E-state index is 13.1. The van der Waals surface area contributed by atoms with Crippen LogP contribution < -0.4 is 5.01 Å². The highest BCUT2D eigenvalue weighted by atomic mass is 32.1. The summed E-state index contributed by atoms with van der Waals surface area (Å²) in [5.74, 6) is 0.178. The first-order valence-corrected chi connectivity index (χ1v) is 9.25. The highest BCUT2D eigenvalue weighted by Gasteiger charge is 2.21. The monoisotopic (exact) mass is 386 g/mol. The number of benzene rings is 2. The lowest BCUT2D eigenvalue weighted by Gasteiger charge is -2.13. The van der Waals surface area contributed by atoms with E-state index in [1.54, 1.807) is 36.4 Å². The number of carbonyl (C=O) groups excluding carboxylic acids is 1. The Morgan fingerprint density at radius 2 is 2.07 bits per heavy atom. The highest BCUT2D eigenvalue weighted by molar-refractivity contribution is 7.22. The number of aromatic nitrogens is 1. The molecule has 28 heavy (non-hydrogen) atoms. The Morgan fingerprint density at radius 3 is 2.79 bits per heavy atom. The molecule has 6 nitrogen and oxygen atoms in total. The molecule has 0 unspecified atom stereocenters. The van der Waals surface area contributed by atoms with Crippen LogP contribution in [0.2, 0.25) is 0 Å². The average Bonchev–Trinajstić information content (AvgIpc) is 3.37. The number of hydrazone groups is 1. The molecule has 0 saturated heterocycles. The number of aryl methyl sites for hydroxylation is 1. The van der Waals surface area contributed by atoms with Crippen LogP contribution in [0.5, 0.6) is 0 Å². The van der Waals surface area contributed by atoms with E-state index < -0.39 is 0 Å². The zero-order chi connectivity index (χ0) is 19.5. The molecule has 0 aliphatic rings. The van der Waals surface area contributed by atoms with Crippen LogP contribution in [0.3, 0.4) is 0 Å². The first-order chi connectivity index (χ1) is 13.6. The summed E-state index contributed by atoms with van der Waals surface area (Å²) >= 11 is 1.38. The molecule has 136 valence electrons. The predicted molar refractivity (Wildman–Crippen MR) is 109 cm³/mol. The van der Waals surface area contributed by atoms with Crippen molar-refractivity contribution in [1.29, 1.82) is 5.26 Å². The van der Waals surface area contributed by atoms with Gasteiger partial charge < -0.3 is 4.42 Å². The van der Waals surface area contributed by atoms with Gasteiger partial charge in [-0.05, 0) is 61.0 Å². The summed E-state index contributed by atoms with van der Waals surface area (Å²) in [6.07, 6.45) is 3.01. The number of fused-ring (bicyclic) bond motifs is 1. The van der Waals surface area contributed by atoms with Gasteiger partial charge in [0.15, 0.2) is 0 Å². The molecule has 4 aromatic rings. The highest BCUT2D eigenvalue weighted by Crippen LogP contribution is 2.30. The first kappa shape index (κ1) is 17.6. The number of nitriles is 1. The summed E-state index contributed by atoms with van der Waals surface area (Å²) < 4.78 is 6.24. The van der Waals surface area contributed by atoms with Crippen LogP contribution in [0.1, 0.15) is 27.2 Å². The van der Waals surface area contributed by atoms with E-state index in [1.165, 1.54) is 28.8 Å². The third-order valence-corrected chi connectivity index (χ3v) is 5.00. The van der Waals surface area contributed by atoms with Gasteiger partial charge in [-0.25, -0.2) is 4.98 Å². The Kier molecular flexibility index (Phi) is 4.70. The quantitative estimate of drug-likeness (QED) is 0.374. The number of amides is 1. The number of thiazole rings is 1. The molecule has 0 atom stereocenters. The van der Waals surface area contributed by atoms with Gasteiger partial charge in [-0.3, -0.25) is 4.79 Å². The van der Waals surface area contributed by atoms with Crippen molar-refractivity contribution in [2.45, 2.75) is 6.92 Å². The summed E-state index contributed by atoms with van der Waals surface area (Å²) in [7, 11) is 0. The second kappa shape index (κ2) is 7.47. The molecule has 0 bridgehead atoms. The summed E-state index contributed by atoms with van der Waals surface area (Å²) in [5.41, 5.74) is 2.81. The number of carbonyl (C=O) groups is 1. The Bertz CT molecular complexity index is 1200. The van der Waals surface area contributed by atoms with Crippen molar-refractivity contribution in [2.75, 3.05) is 5.01 Å². The Hall–Kier alpha value is -3.76. The van der Waals surface area contributed by atoms with Crippen molar-refractivity contribution in [3.05, 3.63) is 83.3 Å². The lowest BCUT2D eigenvalue weighted by atomic mass is 10.1. The average molecular weight is 386 g/mol. The molecule has 0 fully saturated rings. The minimum absolute atomic E-state index is 0.344. The Morgan fingerprint density at radius 1 is 1.25 bits per heavy atom. The lowest BCUT2D eigenvalue weighted by Crippen LogP contribution is -2.25. The number of furan rings is 1. The fourth-order valence-electron chi connectivity index (χ4n) is 2.59. The van der Waals surface area contributed by atoms with Gasteiger partial charge in [-0.15, -0.1) is 0 Å². The molecule has 4 rings (SSSR count). The third kappa shape index (κ3) is 3.54. The van der Waals surface area contributed by atoms with Crippen LogP contribution in [0.4, 0.5) is 5.13 Å². The molecule has 0 N–H and O–H groups in total. The summed E-state index contributed by atoms with van der Waals surface area (Å²) in [6, 6.07) is 17.9. The summed E-state index contributed by atoms with van der Waals surface area (Å²) in [6.45, 7) is 2.01. The predicted octanol–water partition coefficient (Wildman–Crippen LogP) is 4.75. The Labute approximate surface area is 165 Å². The zero-order valence-electron chi connectivity index (χ0n) is 14.9. The molecular formula is C21H14N4O2S. The first-order valence-electron chi connectivity index (χ1n) is 8.43. The largest absolute Gasteiger partial charge is 0.463 e. The van der Waals surface area contributed by atoms with E-state index >= 15 is 0 Å². The number of rotatable bonds is 4. The van der Waals surface area contributed by atoms with Gasteiger partial charge in [-0.1, -0.05) is 17.4 Å². The minimum Gasteiger partial charge on any atom is -0.463 e. The molecule has 0 radical (unpaired) electrons. The normalized spacial score (nSPS) is 11.0. The zero-order valence-corrected chi connectivity index (χ0v) is 15.7. The van der Waals surface area contributed by atoms with E-state index in [-0.39, 0.29) is 5.91 Å². The van der Waals surface area contributed by atoms with Gasteiger partial charge in [-0.2, -0.15) is 15.4 Å². The number of hydrogen-bond donors (Lipinski definition) is 0. The van der Waals surface area contributed by atoms with E-state index in [4.69, 9.17) is 9.68 Å². The molecule has 0 saturated carbocycles. The maximum absolute atomic E-state index is 13.1. The van der Waals surface area contributed by atoms with Crippen molar-refractivity contribution in [3.8, 4) is 6.07 Å². The molecule has 2 heterocycles. The van der Waals surface area contributed by atoms with E-state index in [0.717, 1.165) is 15.8 Å². The van der Waals surface area contributed by atoms with Crippen LogP contribution in [0.15, 0.2) is 70.4 Å². The summed E-state index contributed by atoms with van der Waals surface area (Å²) in [4.78, 5) is 17.7. The SMILES string of the molecule is Cc1ccc2nc(N(/N=C/c3ccco3)C(=O)c3ccc(C#N)cc3)sc2c1. The van der Waals surface area contributed by atoms with Gasteiger partial charge in [0.2, 0.25) is 5.13 Å². The van der Waals surface area contributed by atoms with Crippen molar-refractivity contribution in [3.63, 3.8) is 0 Å². The number of nitrogens with zero attached hydrogens (tertiary/aromatic N) is 4. The third-order valence-electron chi connectivity index (χ3n) is 4.01. The van der Waals surface area contributed by atoms with E-state index in [0.29, 0.717) is 22.0 Å². The van der Waals surface area contributed by atoms with E-state index in [9.17, 15) is 4.79 Å². The van der Waals surface area contributed by atoms with Crippen LogP contribution in [-0.2, 0) is 0 Å². The number of hydrogen-bond acceptors (Lipinski definition) is 6.